The van der Waals surface area contributed by atoms with Crippen molar-refractivity contribution in [2.24, 2.45) is 0 Å². The number of nitrogens with one attached hydrogen (secondary N) is 4. The largest absolute Gasteiger partial charge is 1.00 e. The number of sulfonamides is 2. The molecule has 0 saturated carbocycles. The Balaban J connectivity index is 0.00000348. The van der Waals surface area contributed by atoms with E-state index in [2.05, 4.69) is 20.1 Å². The maximum absolute atomic E-state index is 13.1. The van der Waals surface area contributed by atoms with E-state index < -0.39 is 77.4 Å². The number of rotatable bonds is 10. The van der Waals surface area contributed by atoms with Crippen molar-refractivity contribution in [2.75, 3.05) is 20.1 Å². The van der Waals surface area contributed by atoms with Crippen molar-refractivity contribution in [1.82, 2.24) is 0 Å². The van der Waals surface area contributed by atoms with Crippen LogP contribution in [-0.4, -0.2) is 59.0 Å². The Morgan fingerprint density at radius 2 is 0.839 bits per heavy atom. The first-order valence-electron chi connectivity index (χ1n) is 15.0. The molecule has 23 heteroatoms. The SMILES string of the molecule is O=C(Nc1ccc2c(O)cc(S(=O)(=O)Nc3cccc(S(=O)(=O)[O-])c3)cc2c1)Nc1ccc2c(O)cc(S(=O)(=O)Nc3cccc(S(=O)(=O)[O-])c3)cc2c1.[Na+].[Na+]. The van der Waals surface area contributed by atoms with Gasteiger partial charge in [0.25, 0.3) is 20.0 Å². The van der Waals surface area contributed by atoms with Gasteiger partial charge >= 0.3 is 65.1 Å². The van der Waals surface area contributed by atoms with Crippen molar-refractivity contribution in [2.45, 2.75) is 19.6 Å². The van der Waals surface area contributed by atoms with Crippen LogP contribution in [0.25, 0.3) is 21.5 Å². The van der Waals surface area contributed by atoms with Crippen LogP contribution in [0.2, 0.25) is 0 Å². The van der Waals surface area contributed by atoms with Crippen molar-refractivity contribution in [3.63, 3.8) is 0 Å². The Hall–Kier alpha value is -3.97. The summed E-state index contributed by atoms with van der Waals surface area (Å²) in [6, 6.07) is 20.4. The fourth-order valence-electron chi connectivity index (χ4n) is 5.26. The Morgan fingerprint density at radius 3 is 1.20 bits per heavy atom. The number of hydrogen-bond donors (Lipinski definition) is 6. The molecule has 6 aromatic carbocycles. The van der Waals surface area contributed by atoms with Crippen molar-refractivity contribution < 1.29 is 117 Å². The van der Waals surface area contributed by atoms with Gasteiger partial charge in [-0.2, -0.15) is 0 Å². The van der Waals surface area contributed by atoms with E-state index in [-0.39, 0.29) is 103 Å². The minimum atomic E-state index is -4.87. The van der Waals surface area contributed by atoms with Crippen LogP contribution in [0.4, 0.5) is 27.5 Å². The molecule has 0 aliphatic heterocycles. The van der Waals surface area contributed by atoms with Crippen LogP contribution in [-0.2, 0) is 40.3 Å². The fourth-order valence-corrected chi connectivity index (χ4v) is 8.50. The zero-order valence-electron chi connectivity index (χ0n) is 28.9. The molecule has 0 radical (unpaired) electrons. The molecule has 0 aliphatic carbocycles. The molecule has 0 heterocycles. The van der Waals surface area contributed by atoms with E-state index in [1.807, 2.05) is 0 Å². The number of phenolic OH excluding ortho intramolecular Hbond substituents is 2. The van der Waals surface area contributed by atoms with E-state index in [9.17, 15) is 57.8 Å². The van der Waals surface area contributed by atoms with Gasteiger partial charge in [0, 0.05) is 34.3 Å². The van der Waals surface area contributed by atoms with Gasteiger partial charge in [-0.15, -0.1) is 0 Å². The van der Waals surface area contributed by atoms with Gasteiger partial charge in [-0.3, -0.25) is 9.44 Å². The number of hydrogen-bond acceptors (Lipinski definition) is 13. The number of phenols is 2. The summed E-state index contributed by atoms with van der Waals surface area (Å²) < 4.78 is 125. The van der Waals surface area contributed by atoms with E-state index in [1.165, 1.54) is 72.8 Å². The summed E-state index contributed by atoms with van der Waals surface area (Å²) in [4.78, 5) is 10.8. The van der Waals surface area contributed by atoms with Gasteiger partial charge in [-0.05, 0) is 95.7 Å². The summed E-state index contributed by atoms with van der Waals surface area (Å²) in [6.07, 6.45) is 0. The Kier molecular flexibility index (Phi) is 13.5. The second-order valence-corrected chi connectivity index (χ2v) is 17.6. The molecule has 0 saturated heterocycles. The van der Waals surface area contributed by atoms with Gasteiger partial charge in [-0.25, -0.2) is 38.5 Å². The zero-order valence-corrected chi connectivity index (χ0v) is 36.2. The molecule has 0 fully saturated rings. The van der Waals surface area contributed by atoms with Gasteiger partial charge in [0.15, 0.2) is 0 Å². The molecule has 0 bridgehead atoms. The number of amides is 2. The molecule has 0 atom stereocenters. The summed E-state index contributed by atoms with van der Waals surface area (Å²) >= 11 is 0. The summed E-state index contributed by atoms with van der Waals surface area (Å²) in [5, 5.41) is 27.1. The van der Waals surface area contributed by atoms with Crippen molar-refractivity contribution >= 4 is 90.6 Å². The third-order valence-electron chi connectivity index (χ3n) is 7.69. The van der Waals surface area contributed by atoms with Crippen LogP contribution < -0.4 is 79.2 Å². The number of carbonyl (C=O) groups is 1. The van der Waals surface area contributed by atoms with Crippen LogP contribution in [0.3, 0.4) is 0 Å². The molecule has 17 nitrogen and oxygen atoms in total. The van der Waals surface area contributed by atoms with Gasteiger partial charge < -0.3 is 30.0 Å². The minimum absolute atomic E-state index is 0. The fraction of sp³-hybridized carbons (Fsp3) is 0. The Labute approximate surface area is 364 Å². The van der Waals surface area contributed by atoms with Gasteiger partial charge in [0.05, 0.1) is 31.0 Å². The summed E-state index contributed by atoms with van der Waals surface area (Å²) in [6.45, 7) is 0. The maximum Gasteiger partial charge on any atom is 1.00 e. The first-order chi connectivity index (χ1) is 25.2. The number of anilines is 4. The molecule has 6 rings (SSSR count). The van der Waals surface area contributed by atoms with E-state index in [4.69, 9.17) is 0 Å². The quantitative estimate of drug-likeness (QED) is 0.0674. The average molecular weight is 859 g/mol. The van der Waals surface area contributed by atoms with Crippen LogP contribution in [0.1, 0.15) is 0 Å². The number of urea groups is 1. The van der Waals surface area contributed by atoms with Crippen LogP contribution in [0, 0.1) is 0 Å². The number of aromatic hydroxyl groups is 2. The zero-order chi connectivity index (χ0) is 39.2. The maximum atomic E-state index is 13.1. The standard InChI is InChI=1S/C33H26N4O13S4.2Na/c38-31-17-27(51(41,42)36-23-3-1-5-25(15-23)53(45,46)47)13-19-11-21(7-9-29(19)31)34-33(40)35-22-8-10-30-20(12-22)14-28(18-32(30)39)52(43,44)37-24-4-2-6-26(16-24)54(48,49)50;;/h1-18,36-39H,(H2,34,35,40)(H,45,46,47)(H,48,49,50);;/q;2*+1/p-2. The van der Waals surface area contributed by atoms with Crippen LogP contribution in [0.5, 0.6) is 11.5 Å². The first kappa shape index (κ1) is 44.7. The smallest absolute Gasteiger partial charge is 0.744 e. The molecule has 56 heavy (non-hydrogen) atoms. The predicted molar refractivity (Wildman–Crippen MR) is 194 cm³/mol. The molecule has 0 spiro atoms. The third-order valence-corrected chi connectivity index (χ3v) is 12.1. The molecular weight excluding hydrogens is 835 g/mol. The first-order valence-corrected chi connectivity index (χ1v) is 20.8. The molecular formula is C33H24N4Na2O13S4. The number of carbonyl (C=O) groups excluding carboxylic acids is 1. The predicted octanol–water partition coefficient (Wildman–Crippen LogP) is -1.53. The second kappa shape index (κ2) is 16.9. The minimum Gasteiger partial charge on any atom is -0.744 e. The van der Waals surface area contributed by atoms with E-state index >= 15 is 0 Å². The topological polar surface area (TPSA) is 288 Å². The number of benzene rings is 6. The van der Waals surface area contributed by atoms with E-state index in [0.29, 0.717) is 0 Å². The monoisotopic (exact) mass is 858 g/mol. The molecule has 0 aromatic heterocycles. The third kappa shape index (κ3) is 10.3. The molecule has 0 aliphatic rings. The van der Waals surface area contributed by atoms with E-state index in [0.717, 1.165) is 36.4 Å². The second-order valence-electron chi connectivity index (χ2n) is 11.5. The molecule has 0 unspecified atom stereocenters. The molecule has 6 N–H and O–H groups in total. The van der Waals surface area contributed by atoms with Crippen molar-refractivity contribution in [1.29, 1.82) is 0 Å². The normalized spacial score (nSPS) is 11.9. The Morgan fingerprint density at radius 1 is 0.464 bits per heavy atom. The molecule has 6 aromatic rings. The molecule has 280 valence electrons. The van der Waals surface area contributed by atoms with Crippen LogP contribution in [0.15, 0.2) is 129 Å². The van der Waals surface area contributed by atoms with Gasteiger partial charge in [0.1, 0.15) is 31.7 Å². The summed E-state index contributed by atoms with van der Waals surface area (Å²) in [5.74, 6) is -0.862. The van der Waals surface area contributed by atoms with Crippen LogP contribution >= 0.6 is 0 Å². The van der Waals surface area contributed by atoms with Gasteiger partial charge in [-0.1, -0.05) is 12.1 Å². The van der Waals surface area contributed by atoms with Crippen molar-refractivity contribution in [3.05, 3.63) is 109 Å². The summed E-state index contributed by atoms with van der Waals surface area (Å²) in [5.41, 5.74) is -0.137. The average Bonchev–Trinajstić information content (AvgIpc) is 3.07. The Bertz CT molecular complexity index is 2790. The number of fused-ring (bicyclic) bond motifs is 2. The molecule has 2 amide bonds. The summed E-state index contributed by atoms with van der Waals surface area (Å²) in [7, 11) is -18.6. The van der Waals surface area contributed by atoms with E-state index in [1.54, 1.807) is 0 Å². The van der Waals surface area contributed by atoms with Crippen molar-refractivity contribution in [3.8, 4) is 11.5 Å². The van der Waals surface area contributed by atoms with Gasteiger partial charge in [0.2, 0.25) is 0 Å².